The minimum absolute atomic E-state index is 0.250. The summed E-state index contributed by atoms with van der Waals surface area (Å²) in [4.78, 5) is 15.0. The third-order valence-corrected chi connectivity index (χ3v) is 5.74. The van der Waals surface area contributed by atoms with Crippen LogP contribution in [-0.4, -0.2) is 22.6 Å². The van der Waals surface area contributed by atoms with Gasteiger partial charge in [0.15, 0.2) is 0 Å². The maximum atomic E-state index is 13.4. The number of amides is 2. The Balaban J connectivity index is 1.57. The van der Waals surface area contributed by atoms with Crippen molar-refractivity contribution in [2.45, 2.75) is 25.8 Å². The monoisotopic (exact) mass is 493 g/mol. The number of urea groups is 1. The average Bonchev–Trinajstić information content (AvgIpc) is 3.30. The maximum absolute atomic E-state index is 13.4. The Kier molecular flexibility index (Phi) is 7.63. The number of benzene rings is 3. The average molecular weight is 494 g/mol. The molecule has 0 unspecified atom stereocenters. The number of rotatable bonds is 8. The van der Waals surface area contributed by atoms with Gasteiger partial charge in [0.25, 0.3) is 0 Å². The van der Waals surface area contributed by atoms with Crippen molar-refractivity contribution in [1.82, 2.24) is 9.47 Å². The van der Waals surface area contributed by atoms with E-state index in [4.69, 9.17) is 4.74 Å². The number of halogens is 3. The molecule has 0 radical (unpaired) electrons. The molecule has 0 fully saturated rings. The first-order chi connectivity index (χ1) is 17.3. The molecule has 0 spiro atoms. The van der Waals surface area contributed by atoms with Crippen LogP contribution in [0.25, 0.3) is 0 Å². The number of nitrogens with one attached hydrogen (secondary N) is 1. The maximum Gasteiger partial charge on any atom is 0.416 e. The minimum atomic E-state index is -4.40. The second-order valence-electron chi connectivity index (χ2n) is 8.30. The molecule has 36 heavy (non-hydrogen) atoms. The molecule has 4 rings (SSSR count). The molecule has 5 nitrogen and oxygen atoms in total. The van der Waals surface area contributed by atoms with Crippen LogP contribution in [0, 0.1) is 0 Å². The van der Waals surface area contributed by atoms with Crippen molar-refractivity contribution < 1.29 is 22.7 Å². The molecule has 0 aliphatic carbocycles. The number of methoxy groups -OCH3 is 1. The molecule has 1 N–H and O–H groups in total. The van der Waals surface area contributed by atoms with E-state index >= 15 is 0 Å². The van der Waals surface area contributed by atoms with Crippen molar-refractivity contribution in [3.8, 4) is 5.75 Å². The van der Waals surface area contributed by atoms with Crippen molar-refractivity contribution in [2.75, 3.05) is 12.4 Å². The van der Waals surface area contributed by atoms with Crippen LogP contribution < -0.4 is 10.1 Å². The van der Waals surface area contributed by atoms with Crippen LogP contribution in [0.4, 0.5) is 23.7 Å². The fraction of sp³-hybridized carbons (Fsp3) is 0.179. The summed E-state index contributed by atoms with van der Waals surface area (Å²) in [6.45, 7) is 0.845. The second kappa shape index (κ2) is 11.0. The van der Waals surface area contributed by atoms with E-state index in [2.05, 4.69) is 5.32 Å². The summed E-state index contributed by atoms with van der Waals surface area (Å²) in [6.07, 6.45) is -2.60. The Morgan fingerprint density at radius 1 is 0.889 bits per heavy atom. The Morgan fingerprint density at radius 2 is 1.61 bits per heavy atom. The highest BCUT2D eigenvalue weighted by atomic mass is 19.4. The molecule has 0 aliphatic heterocycles. The first kappa shape index (κ1) is 24.9. The Morgan fingerprint density at radius 3 is 2.36 bits per heavy atom. The van der Waals surface area contributed by atoms with Crippen molar-refractivity contribution in [1.29, 1.82) is 0 Å². The van der Waals surface area contributed by atoms with Gasteiger partial charge < -0.3 is 19.5 Å². The van der Waals surface area contributed by atoms with Crippen molar-refractivity contribution >= 4 is 11.7 Å². The number of hydrogen-bond donors (Lipinski definition) is 1. The van der Waals surface area contributed by atoms with Gasteiger partial charge in [0.1, 0.15) is 5.75 Å². The van der Waals surface area contributed by atoms with Gasteiger partial charge in [-0.3, -0.25) is 0 Å². The summed E-state index contributed by atoms with van der Waals surface area (Å²) in [5.41, 5.74) is 2.12. The molecule has 3 aromatic carbocycles. The number of anilines is 1. The van der Waals surface area contributed by atoms with Crippen LogP contribution in [-0.2, 0) is 25.8 Å². The summed E-state index contributed by atoms with van der Waals surface area (Å²) in [5, 5.41) is 2.92. The predicted octanol–water partition coefficient (Wildman–Crippen LogP) is 6.80. The van der Waals surface area contributed by atoms with Crippen molar-refractivity contribution in [2.24, 2.45) is 0 Å². The topological polar surface area (TPSA) is 46.5 Å². The summed E-state index contributed by atoms with van der Waals surface area (Å²) in [5.74, 6) is 0.540. The van der Waals surface area contributed by atoms with Crippen LogP contribution in [0.3, 0.4) is 0 Å². The van der Waals surface area contributed by atoms with Crippen LogP contribution >= 0.6 is 0 Å². The summed E-state index contributed by atoms with van der Waals surface area (Å²) >= 11 is 0. The van der Waals surface area contributed by atoms with Gasteiger partial charge in [-0.25, -0.2) is 4.79 Å². The first-order valence-corrected chi connectivity index (χ1v) is 11.4. The molecule has 0 bridgehead atoms. The Hall–Kier alpha value is -4.20. The smallest absolute Gasteiger partial charge is 0.416 e. The van der Waals surface area contributed by atoms with E-state index in [0.717, 1.165) is 23.4 Å². The Bertz CT molecular complexity index is 1300. The number of nitrogens with zero attached hydrogens (tertiary/aromatic N) is 2. The molecule has 0 aliphatic rings. The van der Waals surface area contributed by atoms with Gasteiger partial charge in [-0.2, -0.15) is 13.2 Å². The number of ether oxygens (including phenoxy) is 1. The SMILES string of the molecule is COc1ccccc1NC(=O)N(Cc1ccccc1)Cc1cccn1Cc1cccc(C(F)(F)F)c1. The van der Waals surface area contributed by atoms with E-state index in [9.17, 15) is 18.0 Å². The highest BCUT2D eigenvalue weighted by Gasteiger charge is 2.30. The standard InChI is InChI=1S/C28H26F3N3O2/c1-36-26-15-6-5-14-25(26)32-27(35)34(18-21-9-3-2-4-10-21)20-24-13-8-16-33(24)19-22-11-7-12-23(17-22)28(29,30)31/h2-17H,18-20H2,1H3,(H,32,35). The van der Waals surface area contributed by atoms with Crippen molar-refractivity contribution in [3.63, 3.8) is 0 Å². The number of para-hydroxylation sites is 2. The lowest BCUT2D eigenvalue weighted by Gasteiger charge is -2.25. The molecule has 4 aromatic rings. The normalized spacial score (nSPS) is 11.2. The molecule has 1 aromatic heterocycles. The highest BCUT2D eigenvalue weighted by Crippen LogP contribution is 2.30. The van der Waals surface area contributed by atoms with Crippen LogP contribution in [0.2, 0.25) is 0 Å². The fourth-order valence-electron chi connectivity index (χ4n) is 3.93. The predicted molar refractivity (Wildman–Crippen MR) is 133 cm³/mol. The van der Waals surface area contributed by atoms with E-state index in [1.165, 1.54) is 13.2 Å². The lowest BCUT2D eigenvalue weighted by atomic mass is 10.1. The van der Waals surface area contributed by atoms with E-state index in [-0.39, 0.29) is 19.1 Å². The lowest BCUT2D eigenvalue weighted by molar-refractivity contribution is -0.137. The third-order valence-electron chi connectivity index (χ3n) is 5.74. The number of aromatic nitrogens is 1. The summed E-state index contributed by atoms with van der Waals surface area (Å²) < 4.78 is 46.7. The molecule has 0 saturated carbocycles. The molecule has 2 amide bonds. The zero-order valence-electron chi connectivity index (χ0n) is 19.7. The Labute approximate surface area is 207 Å². The van der Waals surface area contributed by atoms with Crippen LogP contribution in [0.15, 0.2) is 97.2 Å². The van der Waals surface area contributed by atoms with E-state index < -0.39 is 11.7 Å². The van der Waals surface area contributed by atoms with Gasteiger partial charge >= 0.3 is 12.2 Å². The molecular weight excluding hydrogens is 467 g/mol. The quantitative estimate of drug-likeness (QED) is 0.294. The van der Waals surface area contributed by atoms with E-state index in [1.807, 2.05) is 53.1 Å². The molecule has 186 valence electrons. The zero-order chi connectivity index (χ0) is 25.5. The largest absolute Gasteiger partial charge is 0.495 e. The number of carbonyl (C=O) groups is 1. The molecule has 0 atom stereocenters. The van der Waals surface area contributed by atoms with E-state index in [1.54, 1.807) is 35.4 Å². The van der Waals surface area contributed by atoms with Crippen LogP contribution in [0.5, 0.6) is 5.75 Å². The number of alkyl halides is 3. The molecule has 1 heterocycles. The van der Waals surface area contributed by atoms with Gasteiger partial charge in [0.05, 0.1) is 24.9 Å². The molecule has 0 saturated heterocycles. The van der Waals surface area contributed by atoms with E-state index in [0.29, 0.717) is 23.5 Å². The summed E-state index contributed by atoms with van der Waals surface area (Å²) in [6, 6.07) is 25.4. The lowest BCUT2D eigenvalue weighted by Crippen LogP contribution is -2.34. The number of carbonyl (C=O) groups excluding carboxylic acids is 1. The fourth-order valence-corrected chi connectivity index (χ4v) is 3.93. The summed E-state index contributed by atoms with van der Waals surface area (Å²) in [7, 11) is 1.54. The second-order valence-corrected chi connectivity index (χ2v) is 8.30. The van der Waals surface area contributed by atoms with Gasteiger partial charge in [-0.05, 0) is 47.5 Å². The van der Waals surface area contributed by atoms with Gasteiger partial charge in [-0.15, -0.1) is 0 Å². The third kappa shape index (κ3) is 6.27. The van der Waals surface area contributed by atoms with Gasteiger partial charge in [0, 0.05) is 25.0 Å². The first-order valence-electron chi connectivity index (χ1n) is 11.4. The molecule has 8 heteroatoms. The molecular formula is C28H26F3N3O2. The minimum Gasteiger partial charge on any atom is -0.495 e. The zero-order valence-corrected chi connectivity index (χ0v) is 19.7. The van der Waals surface area contributed by atoms with Crippen molar-refractivity contribution in [3.05, 3.63) is 120 Å². The van der Waals surface area contributed by atoms with Crippen LogP contribution in [0.1, 0.15) is 22.4 Å². The number of hydrogen-bond acceptors (Lipinski definition) is 2. The highest BCUT2D eigenvalue weighted by molar-refractivity contribution is 5.91. The van der Waals surface area contributed by atoms with Gasteiger partial charge in [-0.1, -0.05) is 54.6 Å². The van der Waals surface area contributed by atoms with Gasteiger partial charge in [0.2, 0.25) is 0 Å².